The quantitative estimate of drug-likeness (QED) is 0.216. The van der Waals surface area contributed by atoms with Gasteiger partial charge in [0.2, 0.25) is 0 Å². The molecule has 11 heteroatoms. The molecule has 0 bridgehead atoms. The van der Waals surface area contributed by atoms with Crippen LogP contribution in [-0.2, 0) is 9.84 Å². The van der Waals surface area contributed by atoms with E-state index in [2.05, 4.69) is 15.6 Å². The Morgan fingerprint density at radius 2 is 1.81 bits per heavy atom. The zero-order valence-corrected chi connectivity index (χ0v) is 20.4. The van der Waals surface area contributed by atoms with E-state index in [1.165, 1.54) is 6.26 Å². The molecule has 27 heavy (non-hydrogen) atoms. The van der Waals surface area contributed by atoms with Crippen LogP contribution < -0.4 is 15.4 Å². The van der Waals surface area contributed by atoms with Gasteiger partial charge < -0.3 is 15.4 Å². The summed E-state index contributed by atoms with van der Waals surface area (Å²) < 4.78 is 28.6. The van der Waals surface area contributed by atoms with Crippen molar-refractivity contribution in [1.29, 1.82) is 0 Å². The van der Waals surface area contributed by atoms with Gasteiger partial charge in [-0.05, 0) is 25.0 Å². The first-order valence-corrected chi connectivity index (χ1v) is 11.2. The number of ether oxygens (including phenoxy) is 1. The molecule has 0 radical (unpaired) electrons. The van der Waals surface area contributed by atoms with E-state index in [9.17, 15) is 8.42 Å². The van der Waals surface area contributed by atoms with E-state index in [-0.39, 0.29) is 35.1 Å². The van der Waals surface area contributed by atoms with E-state index in [4.69, 9.17) is 39.5 Å². The highest BCUT2D eigenvalue weighted by molar-refractivity contribution is 14.0. The summed E-state index contributed by atoms with van der Waals surface area (Å²) >= 11 is 18.0. The van der Waals surface area contributed by atoms with Gasteiger partial charge in [0.1, 0.15) is 16.4 Å². The molecular weight excluding hydrogens is 548 g/mol. The molecule has 0 amide bonds. The van der Waals surface area contributed by atoms with Crippen LogP contribution in [0.5, 0.6) is 5.75 Å². The maximum absolute atomic E-state index is 11.5. The summed E-state index contributed by atoms with van der Waals surface area (Å²) in [5.41, 5.74) is -0.175. The highest BCUT2D eigenvalue weighted by Crippen LogP contribution is 2.46. The first-order valence-electron chi connectivity index (χ1n) is 8.04. The standard InChI is InChI=1S/C16H22Cl3N3O3S.HI/c1-20-15(22-9-16(3-4-16)10-26(2,23)24)21-5-6-25-14-12(18)7-11(17)8-13(14)19;/h7-8H,3-6,9-10H2,1-2H3,(H2,20,21,22);1H. The van der Waals surface area contributed by atoms with E-state index in [0.29, 0.717) is 46.5 Å². The predicted octanol–water partition coefficient (Wildman–Crippen LogP) is 3.63. The van der Waals surface area contributed by atoms with Crippen LogP contribution in [0.2, 0.25) is 15.1 Å². The average molecular weight is 571 g/mol. The second-order valence-corrected chi connectivity index (χ2v) is 9.86. The number of hydrogen-bond acceptors (Lipinski definition) is 4. The molecule has 1 saturated carbocycles. The van der Waals surface area contributed by atoms with Crippen molar-refractivity contribution in [1.82, 2.24) is 10.6 Å². The second kappa shape index (κ2) is 10.6. The van der Waals surface area contributed by atoms with E-state index < -0.39 is 9.84 Å². The molecule has 0 unspecified atom stereocenters. The molecule has 1 fully saturated rings. The van der Waals surface area contributed by atoms with Crippen LogP contribution >= 0.6 is 58.8 Å². The third kappa shape index (κ3) is 8.39. The van der Waals surface area contributed by atoms with Crippen LogP contribution in [-0.4, -0.2) is 53.1 Å². The number of rotatable bonds is 8. The van der Waals surface area contributed by atoms with Crippen molar-refractivity contribution < 1.29 is 13.2 Å². The van der Waals surface area contributed by atoms with Gasteiger partial charge in [0.05, 0.1) is 22.3 Å². The largest absolute Gasteiger partial charge is 0.489 e. The number of nitrogens with one attached hydrogen (secondary N) is 2. The molecule has 0 atom stereocenters. The van der Waals surface area contributed by atoms with Gasteiger partial charge in [-0.3, -0.25) is 4.99 Å². The summed E-state index contributed by atoms with van der Waals surface area (Å²) in [6, 6.07) is 3.13. The third-order valence-electron chi connectivity index (χ3n) is 3.98. The predicted molar refractivity (Wildman–Crippen MR) is 123 cm³/mol. The summed E-state index contributed by atoms with van der Waals surface area (Å²) in [6.45, 7) is 1.35. The number of benzene rings is 1. The monoisotopic (exact) mass is 569 g/mol. The molecule has 1 aliphatic rings. The van der Waals surface area contributed by atoms with E-state index in [1.807, 2.05) is 0 Å². The normalized spacial score (nSPS) is 15.7. The fraction of sp³-hybridized carbons (Fsp3) is 0.562. The molecule has 1 aromatic rings. The zero-order chi connectivity index (χ0) is 19.4. The van der Waals surface area contributed by atoms with Gasteiger partial charge in [0.15, 0.2) is 11.7 Å². The molecule has 0 aromatic heterocycles. The topological polar surface area (TPSA) is 79.8 Å². The Bertz CT molecular complexity index is 763. The lowest BCUT2D eigenvalue weighted by Gasteiger charge is -2.18. The number of halogens is 4. The van der Waals surface area contributed by atoms with Crippen LogP contribution in [0, 0.1) is 5.41 Å². The fourth-order valence-corrected chi connectivity index (χ4v) is 5.02. The molecule has 0 spiro atoms. The Morgan fingerprint density at radius 1 is 1.22 bits per heavy atom. The molecule has 1 aliphatic carbocycles. The minimum absolute atomic E-state index is 0. The summed E-state index contributed by atoms with van der Waals surface area (Å²) in [5.74, 6) is 1.16. The highest BCUT2D eigenvalue weighted by Gasteiger charge is 2.45. The lowest BCUT2D eigenvalue weighted by atomic mass is 10.1. The van der Waals surface area contributed by atoms with Crippen LogP contribution in [0.25, 0.3) is 0 Å². The Balaban J connectivity index is 0.00000364. The Morgan fingerprint density at radius 3 is 2.30 bits per heavy atom. The first-order chi connectivity index (χ1) is 12.1. The summed E-state index contributed by atoms with van der Waals surface area (Å²) in [7, 11) is -1.34. The Kier molecular flexibility index (Phi) is 9.74. The molecule has 154 valence electrons. The summed E-state index contributed by atoms with van der Waals surface area (Å²) in [4.78, 5) is 4.13. The van der Waals surface area contributed by atoms with E-state index in [0.717, 1.165) is 12.8 Å². The Hall–Kier alpha value is -0.160. The molecule has 1 aromatic carbocycles. The maximum atomic E-state index is 11.5. The summed E-state index contributed by atoms with van der Waals surface area (Å²) in [5, 5.41) is 7.42. The summed E-state index contributed by atoms with van der Waals surface area (Å²) in [6.07, 6.45) is 3.08. The van der Waals surface area contributed by atoms with Crippen molar-refractivity contribution in [2.24, 2.45) is 10.4 Å². The molecular formula is C16H23Cl3IN3O3S. The van der Waals surface area contributed by atoms with E-state index in [1.54, 1.807) is 19.2 Å². The molecule has 0 saturated heterocycles. The Labute approximate surface area is 192 Å². The number of hydrogen-bond donors (Lipinski definition) is 2. The third-order valence-corrected chi connectivity index (χ3v) is 5.90. The lowest BCUT2D eigenvalue weighted by Crippen LogP contribution is -2.42. The van der Waals surface area contributed by atoms with Gasteiger partial charge in [-0.15, -0.1) is 24.0 Å². The van der Waals surface area contributed by atoms with Gasteiger partial charge in [-0.2, -0.15) is 0 Å². The van der Waals surface area contributed by atoms with Crippen LogP contribution in [0.4, 0.5) is 0 Å². The minimum Gasteiger partial charge on any atom is -0.489 e. The average Bonchev–Trinajstić information content (AvgIpc) is 3.26. The van der Waals surface area contributed by atoms with Crippen molar-refractivity contribution in [2.75, 3.05) is 38.8 Å². The molecule has 0 aliphatic heterocycles. The van der Waals surface area contributed by atoms with Gasteiger partial charge in [0, 0.05) is 30.3 Å². The van der Waals surface area contributed by atoms with Crippen molar-refractivity contribution in [3.63, 3.8) is 0 Å². The highest BCUT2D eigenvalue weighted by atomic mass is 127. The van der Waals surface area contributed by atoms with Crippen molar-refractivity contribution in [2.45, 2.75) is 12.8 Å². The number of nitrogens with zero attached hydrogens (tertiary/aromatic N) is 1. The van der Waals surface area contributed by atoms with Crippen LogP contribution in [0.15, 0.2) is 17.1 Å². The smallest absolute Gasteiger partial charge is 0.191 e. The van der Waals surface area contributed by atoms with Crippen LogP contribution in [0.3, 0.4) is 0 Å². The molecule has 2 rings (SSSR count). The first kappa shape index (κ1) is 24.9. The minimum atomic E-state index is -2.99. The number of aliphatic imine (C=N–C) groups is 1. The van der Waals surface area contributed by atoms with Gasteiger partial charge in [-0.25, -0.2) is 8.42 Å². The molecule has 2 N–H and O–H groups in total. The van der Waals surface area contributed by atoms with E-state index >= 15 is 0 Å². The van der Waals surface area contributed by atoms with Crippen molar-refractivity contribution in [3.05, 3.63) is 27.2 Å². The second-order valence-electron chi connectivity index (χ2n) is 6.47. The van der Waals surface area contributed by atoms with Gasteiger partial charge >= 0.3 is 0 Å². The molecule has 6 nitrogen and oxygen atoms in total. The number of sulfone groups is 1. The van der Waals surface area contributed by atoms with Gasteiger partial charge in [0.25, 0.3) is 0 Å². The zero-order valence-electron chi connectivity index (χ0n) is 15.0. The number of guanidine groups is 1. The maximum Gasteiger partial charge on any atom is 0.191 e. The van der Waals surface area contributed by atoms with Gasteiger partial charge in [-0.1, -0.05) is 34.8 Å². The fourth-order valence-electron chi connectivity index (χ4n) is 2.59. The lowest BCUT2D eigenvalue weighted by molar-refractivity contribution is 0.322. The van der Waals surface area contributed by atoms with Crippen molar-refractivity contribution in [3.8, 4) is 5.75 Å². The molecule has 0 heterocycles. The van der Waals surface area contributed by atoms with Crippen molar-refractivity contribution >= 4 is 74.6 Å². The van der Waals surface area contributed by atoms with Crippen LogP contribution in [0.1, 0.15) is 12.8 Å². The SMILES string of the molecule is CN=C(NCCOc1c(Cl)cc(Cl)cc1Cl)NCC1(CS(C)(=O)=O)CC1.I.